The summed E-state index contributed by atoms with van der Waals surface area (Å²) < 4.78 is 32.6. The highest BCUT2D eigenvalue weighted by molar-refractivity contribution is 6.31. The van der Waals surface area contributed by atoms with E-state index in [0.29, 0.717) is 11.1 Å². The van der Waals surface area contributed by atoms with E-state index in [1.54, 1.807) is 18.2 Å². The van der Waals surface area contributed by atoms with Crippen molar-refractivity contribution in [2.24, 2.45) is 0 Å². The molecule has 2 aromatic carbocycles. The fourth-order valence-electron chi connectivity index (χ4n) is 2.86. The average molecular weight is 416 g/mol. The maximum atomic E-state index is 13.8. The number of pyridine rings is 1. The van der Waals surface area contributed by atoms with Crippen molar-refractivity contribution in [2.45, 2.75) is 0 Å². The van der Waals surface area contributed by atoms with Crippen LogP contribution < -0.4 is 15.0 Å². The highest BCUT2D eigenvalue weighted by atomic mass is 35.5. The number of ether oxygens (including phenoxy) is 1. The van der Waals surface area contributed by atoms with Gasteiger partial charge in [-0.3, -0.25) is 14.5 Å². The Labute approximate surface area is 168 Å². The van der Waals surface area contributed by atoms with Crippen molar-refractivity contribution < 1.29 is 23.1 Å². The number of hydrogen-bond acceptors (Lipinski definition) is 4. The topological polar surface area (TPSA) is 71.5 Å². The van der Waals surface area contributed by atoms with Crippen LogP contribution in [-0.2, 0) is 4.79 Å². The van der Waals surface area contributed by atoms with Gasteiger partial charge in [-0.2, -0.15) is 0 Å². The van der Waals surface area contributed by atoms with E-state index in [2.05, 4.69) is 10.3 Å². The number of carbonyl (C=O) groups is 2. The van der Waals surface area contributed by atoms with Crippen molar-refractivity contribution in [1.82, 2.24) is 4.98 Å². The average Bonchev–Trinajstić information content (AvgIpc) is 2.80. The zero-order chi connectivity index (χ0) is 20.5. The van der Waals surface area contributed by atoms with Gasteiger partial charge in [0, 0.05) is 17.3 Å². The third-order valence-electron chi connectivity index (χ3n) is 4.17. The molecule has 0 bridgehead atoms. The third-order valence-corrected chi connectivity index (χ3v) is 4.41. The summed E-state index contributed by atoms with van der Waals surface area (Å²) in [6.07, 6.45) is 1.47. The van der Waals surface area contributed by atoms with Gasteiger partial charge < -0.3 is 10.1 Å². The van der Waals surface area contributed by atoms with Crippen LogP contribution >= 0.6 is 11.6 Å². The number of benzene rings is 2. The Balaban J connectivity index is 1.68. The SMILES string of the molecule is O=C(CN1C(=O)c2cccnc2Oc2ccc(Cl)cc21)Nc1ccc(F)cc1F. The molecule has 0 spiro atoms. The normalized spacial score (nSPS) is 12.5. The number of rotatable bonds is 3. The van der Waals surface area contributed by atoms with Crippen molar-refractivity contribution in [3.05, 3.63) is 76.9 Å². The molecule has 1 aliphatic rings. The summed E-state index contributed by atoms with van der Waals surface area (Å²) in [5.41, 5.74) is 0.208. The van der Waals surface area contributed by atoms with Gasteiger partial charge in [0.15, 0.2) is 5.75 Å². The van der Waals surface area contributed by atoms with Crippen molar-refractivity contribution in [2.75, 3.05) is 16.8 Å². The molecule has 3 aromatic rings. The Hall–Kier alpha value is -3.52. The smallest absolute Gasteiger partial charge is 0.264 e. The van der Waals surface area contributed by atoms with E-state index in [1.807, 2.05) is 0 Å². The largest absolute Gasteiger partial charge is 0.436 e. The lowest BCUT2D eigenvalue weighted by atomic mass is 10.2. The van der Waals surface area contributed by atoms with Crippen molar-refractivity contribution >= 4 is 34.8 Å². The van der Waals surface area contributed by atoms with Gasteiger partial charge in [-0.15, -0.1) is 0 Å². The van der Waals surface area contributed by atoms with E-state index in [1.165, 1.54) is 18.3 Å². The van der Waals surface area contributed by atoms with Crippen LogP contribution in [0.5, 0.6) is 11.6 Å². The number of nitrogens with zero attached hydrogens (tertiary/aromatic N) is 2. The molecule has 0 fully saturated rings. The standard InChI is InChI=1S/C20H12ClF2N3O3/c21-11-3-6-17-16(8-11)26(20(28)13-2-1-7-24-19(13)29-17)10-18(27)25-15-5-4-12(22)9-14(15)23/h1-9H,10H2,(H,25,27). The molecule has 6 nitrogen and oxygen atoms in total. The molecule has 0 saturated heterocycles. The highest BCUT2D eigenvalue weighted by Gasteiger charge is 2.30. The van der Waals surface area contributed by atoms with E-state index < -0.39 is 30.0 Å². The maximum Gasteiger partial charge on any atom is 0.264 e. The summed E-state index contributed by atoms with van der Waals surface area (Å²) in [7, 11) is 0. The lowest BCUT2D eigenvalue weighted by molar-refractivity contribution is -0.114. The first kappa shape index (κ1) is 18.8. The maximum absolute atomic E-state index is 13.8. The van der Waals surface area contributed by atoms with Gasteiger partial charge in [0.2, 0.25) is 11.8 Å². The fourth-order valence-corrected chi connectivity index (χ4v) is 3.03. The molecule has 2 amide bonds. The summed E-state index contributed by atoms with van der Waals surface area (Å²) in [4.78, 5) is 30.8. The minimum atomic E-state index is -0.929. The molecule has 2 heterocycles. The molecular weight excluding hydrogens is 404 g/mol. The minimum absolute atomic E-state index is 0.0913. The van der Waals surface area contributed by atoms with Crippen LogP contribution in [0.3, 0.4) is 0 Å². The Kier molecular flexibility index (Phi) is 4.85. The number of amides is 2. The fraction of sp³-hybridized carbons (Fsp3) is 0.0500. The Morgan fingerprint density at radius 2 is 2.00 bits per heavy atom. The number of nitrogens with one attached hydrogen (secondary N) is 1. The molecule has 1 aliphatic heterocycles. The van der Waals surface area contributed by atoms with Crippen molar-refractivity contribution in [3.63, 3.8) is 0 Å². The molecule has 0 atom stereocenters. The van der Waals surface area contributed by atoms with E-state index in [-0.39, 0.29) is 28.6 Å². The summed E-state index contributed by atoms with van der Waals surface area (Å²) in [5, 5.41) is 2.66. The predicted octanol–water partition coefficient (Wildman–Crippen LogP) is 4.40. The molecule has 4 rings (SSSR count). The molecular formula is C20H12ClF2N3O3. The van der Waals surface area contributed by atoms with E-state index in [9.17, 15) is 18.4 Å². The van der Waals surface area contributed by atoms with E-state index >= 15 is 0 Å². The molecule has 29 heavy (non-hydrogen) atoms. The molecule has 146 valence electrons. The summed E-state index contributed by atoms with van der Waals surface area (Å²) in [6, 6.07) is 10.5. The third kappa shape index (κ3) is 3.74. The monoisotopic (exact) mass is 415 g/mol. The van der Waals surface area contributed by atoms with Crippen molar-refractivity contribution in [3.8, 4) is 11.6 Å². The van der Waals surface area contributed by atoms with Crippen LogP contribution in [0.4, 0.5) is 20.2 Å². The number of fused-ring (bicyclic) bond motifs is 2. The van der Waals surface area contributed by atoms with Gasteiger partial charge in [0.1, 0.15) is 23.7 Å². The number of aromatic nitrogens is 1. The Bertz CT molecular complexity index is 1140. The molecule has 1 aromatic heterocycles. The van der Waals surface area contributed by atoms with Crippen LogP contribution in [0.1, 0.15) is 10.4 Å². The van der Waals surface area contributed by atoms with Crippen LogP contribution in [0, 0.1) is 11.6 Å². The van der Waals surface area contributed by atoms with Crippen molar-refractivity contribution in [1.29, 1.82) is 0 Å². The molecule has 0 radical (unpaired) electrons. The molecule has 0 unspecified atom stereocenters. The number of anilines is 2. The van der Waals surface area contributed by atoms with Gasteiger partial charge in [-0.1, -0.05) is 11.6 Å². The second-order valence-corrected chi connectivity index (χ2v) is 6.57. The molecule has 0 saturated carbocycles. The van der Waals surface area contributed by atoms with Gasteiger partial charge in [0.05, 0.1) is 11.4 Å². The number of hydrogen-bond donors (Lipinski definition) is 1. The van der Waals surface area contributed by atoms with Gasteiger partial charge in [0.25, 0.3) is 5.91 Å². The Morgan fingerprint density at radius 3 is 2.79 bits per heavy atom. The molecule has 1 N–H and O–H groups in total. The van der Waals surface area contributed by atoms with Crippen LogP contribution in [0.2, 0.25) is 5.02 Å². The zero-order valence-corrected chi connectivity index (χ0v) is 15.4. The quantitative estimate of drug-likeness (QED) is 0.688. The summed E-state index contributed by atoms with van der Waals surface area (Å²) in [5.74, 6) is -2.56. The minimum Gasteiger partial charge on any atom is -0.436 e. The van der Waals surface area contributed by atoms with E-state index in [4.69, 9.17) is 16.3 Å². The lowest BCUT2D eigenvalue weighted by Gasteiger charge is -2.21. The van der Waals surface area contributed by atoms with Gasteiger partial charge in [-0.05, 0) is 42.5 Å². The van der Waals surface area contributed by atoms with Crippen LogP contribution in [0.25, 0.3) is 0 Å². The van der Waals surface area contributed by atoms with Crippen LogP contribution in [0.15, 0.2) is 54.7 Å². The number of halogens is 3. The summed E-state index contributed by atoms with van der Waals surface area (Å²) in [6.45, 7) is -0.458. The Morgan fingerprint density at radius 1 is 1.17 bits per heavy atom. The van der Waals surface area contributed by atoms with Gasteiger partial charge in [-0.25, -0.2) is 13.8 Å². The predicted molar refractivity (Wildman–Crippen MR) is 102 cm³/mol. The lowest BCUT2D eigenvalue weighted by Crippen LogP contribution is -2.37. The van der Waals surface area contributed by atoms with Crippen LogP contribution in [-0.4, -0.2) is 23.3 Å². The van der Waals surface area contributed by atoms with Gasteiger partial charge >= 0.3 is 0 Å². The first-order chi connectivity index (χ1) is 13.9. The molecule has 9 heteroatoms. The second-order valence-electron chi connectivity index (χ2n) is 6.13. The second kappa shape index (κ2) is 7.48. The van der Waals surface area contributed by atoms with E-state index in [0.717, 1.165) is 17.0 Å². The highest BCUT2D eigenvalue weighted by Crippen LogP contribution is 2.39. The first-order valence-electron chi connectivity index (χ1n) is 8.41. The molecule has 0 aliphatic carbocycles. The zero-order valence-electron chi connectivity index (χ0n) is 14.7. The first-order valence-corrected chi connectivity index (χ1v) is 8.79. The summed E-state index contributed by atoms with van der Waals surface area (Å²) >= 11 is 6.06. The number of carbonyl (C=O) groups excluding carboxylic acids is 2.